The molecular weight excluding hydrogens is 156 g/mol. The van der Waals surface area contributed by atoms with Gasteiger partial charge in [-0.2, -0.15) is 0 Å². The summed E-state index contributed by atoms with van der Waals surface area (Å²) < 4.78 is 0. The van der Waals surface area contributed by atoms with E-state index in [0.717, 1.165) is 0 Å². The minimum absolute atomic E-state index is 1.20. The zero-order valence-electron chi connectivity index (χ0n) is 9.53. The second kappa shape index (κ2) is 8.10. The first-order chi connectivity index (χ1) is 6.20. The quantitative estimate of drug-likeness (QED) is 0.490. The highest BCUT2D eigenvalue weighted by Crippen LogP contribution is 2.16. The van der Waals surface area contributed by atoms with Crippen LogP contribution in [0.5, 0.6) is 0 Å². The van der Waals surface area contributed by atoms with Crippen molar-refractivity contribution in [2.24, 2.45) is 0 Å². The lowest BCUT2D eigenvalue weighted by atomic mass is 10.0. The van der Waals surface area contributed by atoms with Crippen LogP contribution in [0.25, 0.3) is 0 Å². The van der Waals surface area contributed by atoms with E-state index in [1.807, 2.05) is 0 Å². The fourth-order valence-corrected chi connectivity index (χ4v) is 1.43. The van der Waals surface area contributed by atoms with Crippen LogP contribution in [-0.2, 0) is 0 Å². The van der Waals surface area contributed by atoms with Crippen molar-refractivity contribution in [1.82, 2.24) is 0 Å². The molecule has 0 nitrogen and oxygen atoms in total. The Balaban J connectivity index is 3.94. The molecule has 0 fully saturated rings. The van der Waals surface area contributed by atoms with Gasteiger partial charge in [0.1, 0.15) is 0 Å². The SMILES string of the molecule is C=C(C)C=C(CCCC)CCCC. The summed E-state index contributed by atoms with van der Waals surface area (Å²) in [5.74, 6) is 0. The molecule has 0 amide bonds. The van der Waals surface area contributed by atoms with Gasteiger partial charge < -0.3 is 0 Å². The highest BCUT2D eigenvalue weighted by atomic mass is 14.0. The predicted octanol–water partition coefficient (Wildman–Crippen LogP) is 4.87. The largest absolute Gasteiger partial charge is 0.0961 e. The van der Waals surface area contributed by atoms with Crippen molar-refractivity contribution in [2.75, 3.05) is 0 Å². The zero-order valence-corrected chi connectivity index (χ0v) is 9.53. The molecule has 0 aromatic heterocycles. The van der Waals surface area contributed by atoms with Crippen LogP contribution < -0.4 is 0 Å². The zero-order chi connectivity index (χ0) is 10.1. The molecule has 0 rings (SSSR count). The lowest BCUT2D eigenvalue weighted by Gasteiger charge is -2.05. The van der Waals surface area contributed by atoms with Gasteiger partial charge in [-0.05, 0) is 32.6 Å². The van der Waals surface area contributed by atoms with Crippen molar-refractivity contribution in [1.29, 1.82) is 0 Å². The smallest absolute Gasteiger partial charge is 0.0317 e. The molecule has 0 unspecified atom stereocenters. The van der Waals surface area contributed by atoms with Gasteiger partial charge in [-0.3, -0.25) is 0 Å². The molecule has 0 aliphatic heterocycles. The molecule has 0 spiro atoms. The standard InChI is InChI=1S/C13H24/c1-5-7-9-13(10-8-6-2)11-12(3)4/h11H,3,5-10H2,1-2,4H3. The molecule has 0 heteroatoms. The number of allylic oxidation sites excluding steroid dienone is 3. The molecule has 0 saturated carbocycles. The van der Waals surface area contributed by atoms with Crippen molar-refractivity contribution < 1.29 is 0 Å². The average Bonchev–Trinajstić information content (AvgIpc) is 2.09. The van der Waals surface area contributed by atoms with Crippen LogP contribution in [0.3, 0.4) is 0 Å². The molecule has 0 atom stereocenters. The monoisotopic (exact) mass is 180 g/mol. The van der Waals surface area contributed by atoms with E-state index in [1.165, 1.54) is 44.1 Å². The van der Waals surface area contributed by atoms with E-state index in [4.69, 9.17) is 0 Å². The molecule has 0 saturated heterocycles. The van der Waals surface area contributed by atoms with Crippen LogP contribution in [-0.4, -0.2) is 0 Å². The lowest BCUT2D eigenvalue weighted by molar-refractivity contribution is 0.712. The Kier molecular flexibility index (Phi) is 7.77. The minimum atomic E-state index is 1.20. The van der Waals surface area contributed by atoms with Crippen LogP contribution >= 0.6 is 0 Å². The first-order valence-corrected chi connectivity index (χ1v) is 5.55. The predicted molar refractivity (Wildman–Crippen MR) is 61.9 cm³/mol. The van der Waals surface area contributed by atoms with Crippen LogP contribution in [0, 0.1) is 0 Å². The van der Waals surface area contributed by atoms with Crippen molar-refractivity contribution >= 4 is 0 Å². The average molecular weight is 180 g/mol. The van der Waals surface area contributed by atoms with Crippen LogP contribution in [0.2, 0.25) is 0 Å². The van der Waals surface area contributed by atoms with Crippen LogP contribution in [0.1, 0.15) is 59.3 Å². The maximum absolute atomic E-state index is 3.93. The summed E-state index contributed by atoms with van der Waals surface area (Å²) in [6.07, 6.45) is 10.0. The highest BCUT2D eigenvalue weighted by Gasteiger charge is 1.96. The third-order valence-electron chi connectivity index (χ3n) is 2.15. The van der Waals surface area contributed by atoms with Crippen molar-refractivity contribution in [2.45, 2.75) is 59.3 Å². The number of hydrogen-bond donors (Lipinski definition) is 0. The Morgan fingerprint density at radius 3 is 1.85 bits per heavy atom. The van der Waals surface area contributed by atoms with Gasteiger partial charge in [-0.25, -0.2) is 0 Å². The number of unbranched alkanes of at least 4 members (excludes halogenated alkanes) is 2. The van der Waals surface area contributed by atoms with Gasteiger partial charge >= 0.3 is 0 Å². The minimum Gasteiger partial charge on any atom is -0.0961 e. The van der Waals surface area contributed by atoms with E-state index < -0.39 is 0 Å². The summed E-state index contributed by atoms with van der Waals surface area (Å²) in [6.45, 7) is 10.5. The molecule has 0 aliphatic carbocycles. The third kappa shape index (κ3) is 7.83. The summed E-state index contributed by atoms with van der Waals surface area (Å²) in [4.78, 5) is 0. The summed E-state index contributed by atoms with van der Waals surface area (Å²) in [7, 11) is 0. The summed E-state index contributed by atoms with van der Waals surface area (Å²) in [6, 6.07) is 0. The number of hydrogen-bond acceptors (Lipinski definition) is 0. The van der Waals surface area contributed by atoms with E-state index in [2.05, 4.69) is 33.4 Å². The van der Waals surface area contributed by atoms with E-state index in [-0.39, 0.29) is 0 Å². The van der Waals surface area contributed by atoms with E-state index >= 15 is 0 Å². The second-order valence-corrected chi connectivity index (χ2v) is 3.86. The van der Waals surface area contributed by atoms with Crippen LogP contribution in [0.15, 0.2) is 23.8 Å². The highest BCUT2D eigenvalue weighted by molar-refractivity contribution is 5.18. The second-order valence-electron chi connectivity index (χ2n) is 3.86. The van der Waals surface area contributed by atoms with E-state index in [1.54, 1.807) is 5.57 Å². The van der Waals surface area contributed by atoms with Gasteiger partial charge in [0.05, 0.1) is 0 Å². The van der Waals surface area contributed by atoms with E-state index in [0.29, 0.717) is 0 Å². The fourth-order valence-electron chi connectivity index (χ4n) is 1.43. The van der Waals surface area contributed by atoms with Gasteiger partial charge in [0.2, 0.25) is 0 Å². The molecule has 0 radical (unpaired) electrons. The molecule has 0 aromatic carbocycles. The Bertz CT molecular complexity index is 153. The molecule has 0 N–H and O–H groups in total. The number of rotatable bonds is 7. The van der Waals surface area contributed by atoms with Gasteiger partial charge in [-0.15, -0.1) is 0 Å². The Morgan fingerprint density at radius 1 is 1.08 bits per heavy atom. The first kappa shape index (κ1) is 12.5. The van der Waals surface area contributed by atoms with Crippen molar-refractivity contribution in [3.63, 3.8) is 0 Å². The third-order valence-corrected chi connectivity index (χ3v) is 2.15. The maximum Gasteiger partial charge on any atom is -0.0317 e. The Morgan fingerprint density at radius 2 is 1.54 bits per heavy atom. The van der Waals surface area contributed by atoms with Crippen molar-refractivity contribution in [3.8, 4) is 0 Å². The van der Waals surface area contributed by atoms with Crippen LogP contribution in [0.4, 0.5) is 0 Å². The topological polar surface area (TPSA) is 0 Å². The van der Waals surface area contributed by atoms with Gasteiger partial charge in [-0.1, -0.05) is 50.5 Å². The normalized spacial score (nSPS) is 9.77. The van der Waals surface area contributed by atoms with E-state index in [9.17, 15) is 0 Å². The van der Waals surface area contributed by atoms with Gasteiger partial charge in [0.15, 0.2) is 0 Å². The molecule has 13 heavy (non-hydrogen) atoms. The molecule has 76 valence electrons. The fraction of sp³-hybridized carbons (Fsp3) is 0.692. The molecule has 0 aromatic rings. The van der Waals surface area contributed by atoms with Gasteiger partial charge in [0.25, 0.3) is 0 Å². The molecule has 0 heterocycles. The molecular formula is C13H24. The first-order valence-electron chi connectivity index (χ1n) is 5.55. The summed E-state index contributed by atoms with van der Waals surface area (Å²) >= 11 is 0. The Labute approximate surface area is 83.7 Å². The summed E-state index contributed by atoms with van der Waals surface area (Å²) in [5.41, 5.74) is 2.79. The lowest BCUT2D eigenvalue weighted by Crippen LogP contribution is -1.85. The van der Waals surface area contributed by atoms with Gasteiger partial charge in [0, 0.05) is 0 Å². The molecule has 0 bridgehead atoms. The summed E-state index contributed by atoms with van der Waals surface area (Å²) in [5, 5.41) is 0. The Hall–Kier alpha value is -0.520. The van der Waals surface area contributed by atoms with Crippen molar-refractivity contribution in [3.05, 3.63) is 23.8 Å². The maximum atomic E-state index is 3.93. The molecule has 0 aliphatic rings.